The van der Waals surface area contributed by atoms with Crippen LogP contribution in [0.4, 0.5) is 0 Å². The van der Waals surface area contributed by atoms with Gasteiger partial charge in [0.25, 0.3) is 5.91 Å². The van der Waals surface area contributed by atoms with Crippen LogP contribution in [-0.2, 0) is 27.2 Å². The zero-order valence-corrected chi connectivity index (χ0v) is 17.7. The summed E-state index contributed by atoms with van der Waals surface area (Å²) in [5.41, 5.74) is 9.10. The van der Waals surface area contributed by atoms with E-state index in [1.165, 1.54) is 12.5 Å². The number of hydroxylamine groups is 1. The van der Waals surface area contributed by atoms with Crippen LogP contribution in [0, 0.1) is 5.92 Å². The Bertz CT molecular complexity index is 841. The Morgan fingerprint density at radius 3 is 2.29 bits per heavy atom. The average Bonchev–Trinajstić information content (AvgIpc) is 3.25. The van der Waals surface area contributed by atoms with E-state index in [1.54, 1.807) is 5.48 Å². The van der Waals surface area contributed by atoms with Crippen molar-refractivity contribution in [2.45, 2.75) is 51.2 Å². The number of H-pyrrole nitrogens is 1. The highest BCUT2D eigenvalue weighted by molar-refractivity contribution is 5.93. The van der Waals surface area contributed by atoms with Gasteiger partial charge in [0.05, 0.1) is 12.4 Å². The predicted molar refractivity (Wildman–Crippen MR) is 114 cm³/mol. The Kier molecular flexibility index (Phi) is 9.16. The first-order valence-electron chi connectivity index (χ1n) is 10.1. The molecular weight excluding hydrogens is 400 g/mol. The van der Waals surface area contributed by atoms with Crippen LogP contribution in [0.15, 0.2) is 42.9 Å². The number of rotatable bonds is 11. The summed E-state index contributed by atoms with van der Waals surface area (Å²) >= 11 is 0. The van der Waals surface area contributed by atoms with Gasteiger partial charge in [-0.15, -0.1) is 0 Å². The number of benzene rings is 1. The summed E-state index contributed by atoms with van der Waals surface area (Å²) in [5.74, 6) is -1.68. The molecule has 2 aromatic rings. The van der Waals surface area contributed by atoms with Crippen molar-refractivity contribution < 1.29 is 19.6 Å². The molecule has 0 aliphatic heterocycles. The number of aromatic amines is 1. The number of hydrogen-bond donors (Lipinski definition) is 6. The lowest BCUT2D eigenvalue weighted by atomic mass is 10.0. The van der Waals surface area contributed by atoms with Crippen LogP contribution >= 0.6 is 0 Å². The van der Waals surface area contributed by atoms with E-state index in [2.05, 4.69) is 20.6 Å². The monoisotopic (exact) mass is 430 g/mol. The average molecular weight is 431 g/mol. The van der Waals surface area contributed by atoms with E-state index < -0.39 is 35.8 Å². The Labute approximate surface area is 181 Å². The summed E-state index contributed by atoms with van der Waals surface area (Å²) in [5, 5.41) is 14.3. The highest BCUT2D eigenvalue weighted by Crippen LogP contribution is 2.08. The number of nitrogens with one attached hydrogen (secondary N) is 4. The largest absolute Gasteiger partial charge is 0.348 e. The van der Waals surface area contributed by atoms with Crippen molar-refractivity contribution in [1.29, 1.82) is 0 Å². The number of hydrogen-bond acceptors (Lipinski definition) is 6. The lowest BCUT2D eigenvalue weighted by Crippen LogP contribution is -2.56. The van der Waals surface area contributed by atoms with E-state index in [9.17, 15) is 14.4 Å². The molecule has 0 saturated heterocycles. The van der Waals surface area contributed by atoms with E-state index >= 15 is 0 Å². The lowest BCUT2D eigenvalue weighted by Gasteiger charge is -2.24. The molecule has 0 bridgehead atoms. The Hall–Kier alpha value is -3.24. The molecule has 3 amide bonds. The first-order valence-corrected chi connectivity index (χ1v) is 10.1. The van der Waals surface area contributed by atoms with Gasteiger partial charge in [-0.3, -0.25) is 19.6 Å². The number of nitrogens with zero attached hydrogens (tertiary/aromatic N) is 1. The minimum absolute atomic E-state index is 0.0913. The predicted octanol–water partition coefficient (Wildman–Crippen LogP) is 0.0433. The van der Waals surface area contributed by atoms with Crippen molar-refractivity contribution in [1.82, 2.24) is 26.1 Å². The molecule has 0 aliphatic rings. The summed E-state index contributed by atoms with van der Waals surface area (Å²) in [6.07, 6.45) is 3.74. The molecular formula is C21H30N6O4. The third-order valence-corrected chi connectivity index (χ3v) is 4.70. The van der Waals surface area contributed by atoms with Crippen LogP contribution < -0.4 is 21.8 Å². The molecule has 0 saturated carbocycles. The van der Waals surface area contributed by atoms with Gasteiger partial charge in [0.2, 0.25) is 11.8 Å². The third kappa shape index (κ3) is 7.83. The van der Waals surface area contributed by atoms with Crippen LogP contribution in [0.1, 0.15) is 31.5 Å². The third-order valence-electron chi connectivity index (χ3n) is 4.70. The second kappa shape index (κ2) is 11.8. The van der Waals surface area contributed by atoms with Crippen molar-refractivity contribution in [3.8, 4) is 0 Å². The van der Waals surface area contributed by atoms with Gasteiger partial charge in [0.15, 0.2) is 0 Å². The maximum absolute atomic E-state index is 12.9. The summed E-state index contributed by atoms with van der Waals surface area (Å²) < 4.78 is 0. The van der Waals surface area contributed by atoms with Gasteiger partial charge in [-0.25, -0.2) is 10.5 Å². The molecule has 0 radical (unpaired) electrons. The van der Waals surface area contributed by atoms with Gasteiger partial charge in [-0.2, -0.15) is 0 Å². The number of imidazole rings is 1. The molecule has 0 fully saturated rings. The normalized spacial score (nSPS) is 13.8. The Morgan fingerprint density at radius 1 is 1.03 bits per heavy atom. The van der Waals surface area contributed by atoms with Crippen molar-refractivity contribution >= 4 is 17.7 Å². The molecule has 0 spiro atoms. The smallest absolute Gasteiger partial charge is 0.266 e. The second-order valence-corrected chi connectivity index (χ2v) is 7.81. The SMILES string of the molecule is CC(C)C[C@H](NC(=O)[C@@H](N)Cc1ccccc1)C(=O)N[C@@H](Cc1cnc[nH]1)C(=O)NO. The second-order valence-electron chi connectivity index (χ2n) is 7.81. The van der Waals surface area contributed by atoms with Crippen molar-refractivity contribution in [2.75, 3.05) is 0 Å². The molecule has 2 rings (SSSR count). The molecule has 0 unspecified atom stereocenters. The number of carbonyl (C=O) groups is 3. The summed E-state index contributed by atoms with van der Waals surface area (Å²) in [6.45, 7) is 3.83. The zero-order chi connectivity index (χ0) is 22.8. The first-order chi connectivity index (χ1) is 14.8. The van der Waals surface area contributed by atoms with Crippen LogP contribution in [-0.4, -0.2) is 51.0 Å². The van der Waals surface area contributed by atoms with E-state index in [0.29, 0.717) is 18.5 Å². The number of nitrogens with two attached hydrogens (primary N) is 1. The molecule has 1 heterocycles. The first kappa shape index (κ1) is 24.0. The van der Waals surface area contributed by atoms with E-state index in [4.69, 9.17) is 10.9 Å². The highest BCUT2D eigenvalue weighted by Gasteiger charge is 2.29. The molecule has 1 aromatic carbocycles. The fourth-order valence-electron chi connectivity index (χ4n) is 3.12. The number of aromatic nitrogens is 2. The fraction of sp³-hybridized carbons (Fsp3) is 0.429. The van der Waals surface area contributed by atoms with Crippen molar-refractivity contribution in [3.63, 3.8) is 0 Å². The minimum atomic E-state index is -1.05. The molecule has 168 valence electrons. The van der Waals surface area contributed by atoms with Gasteiger partial charge >= 0.3 is 0 Å². The highest BCUT2D eigenvalue weighted by atomic mass is 16.5. The molecule has 10 heteroatoms. The Balaban J connectivity index is 2.05. The standard InChI is InChI=1S/C21H30N6O4/c1-13(2)8-17(25-19(28)16(22)9-14-6-4-3-5-7-14)20(29)26-18(21(30)27-31)10-15-11-23-12-24-15/h3-7,11-13,16-18,31H,8-10,22H2,1-2H3,(H,23,24)(H,25,28)(H,26,29)(H,27,30)/t16-,17-,18-/m0/s1. The van der Waals surface area contributed by atoms with E-state index in [-0.39, 0.29) is 12.3 Å². The van der Waals surface area contributed by atoms with Gasteiger partial charge in [0, 0.05) is 18.3 Å². The molecule has 1 aromatic heterocycles. The number of amides is 3. The zero-order valence-electron chi connectivity index (χ0n) is 17.7. The quantitative estimate of drug-likeness (QED) is 0.218. The molecule has 10 nitrogen and oxygen atoms in total. The molecule has 3 atom stereocenters. The van der Waals surface area contributed by atoms with Crippen molar-refractivity contribution in [2.24, 2.45) is 11.7 Å². The fourth-order valence-corrected chi connectivity index (χ4v) is 3.12. The maximum Gasteiger partial charge on any atom is 0.266 e. The minimum Gasteiger partial charge on any atom is -0.348 e. The summed E-state index contributed by atoms with van der Waals surface area (Å²) in [4.78, 5) is 44.3. The summed E-state index contributed by atoms with van der Waals surface area (Å²) in [6, 6.07) is 6.58. The number of carbonyl (C=O) groups excluding carboxylic acids is 3. The van der Waals surface area contributed by atoms with Crippen LogP contribution in [0.3, 0.4) is 0 Å². The van der Waals surface area contributed by atoms with Gasteiger partial charge in [0.1, 0.15) is 12.1 Å². The van der Waals surface area contributed by atoms with Crippen LogP contribution in [0.25, 0.3) is 0 Å². The Morgan fingerprint density at radius 2 is 1.71 bits per heavy atom. The van der Waals surface area contributed by atoms with Gasteiger partial charge in [-0.05, 0) is 24.3 Å². The topological polar surface area (TPSA) is 162 Å². The van der Waals surface area contributed by atoms with E-state index in [1.807, 2.05) is 44.2 Å². The summed E-state index contributed by atoms with van der Waals surface area (Å²) in [7, 11) is 0. The van der Waals surface area contributed by atoms with Crippen molar-refractivity contribution in [3.05, 3.63) is 54.1 Å². The molecule has 31 heavy (non-hydrogen) atoms. The van der Waals surface area contributed by atoms with E-state index in [0.717, 1.165) is 5.56 Å². The molecule has 0 aliphatic carbocycles. The maximum atomic E-state index is 12.9. The van der Waals surface area contributed by atoms with Gasteiger partial charge in [-0.1, -0.05) is 44.2 Å². The van der Waals surface area contributed by atoms with Crippen LogP contribution in [0.5, 0.6) is 0 Å². The van der Waals surface area contributed by atoms with Crippen LogP contribution in [0.2, 0.25) is 0 Å². The molecule has 7 N–H and O–H groups in total. The van der Waals surface area contributed by atoms with Gasteiger partial charge < -0.3 is 21.4 Å². The lowest BCUT2D eigenvalue weighted by molar-refractivity contribution is -0.136.